The van der Waals surface area contributed by atoms with Crippen molar-refractivity contribution < 1.29 is 4.79 Å². The molecule has 1 amide bonds. The molecule has 8 heteroatoms. The van der Waals surface area contributed by atoms with Crippen LogP contribution >= 0.6 is 34.7 Å². The fraction of sp³-hybridized carbons (Fsp3) is 0.235. The highest BCUT2D eigenvalue weighted by atomic mass is 35.5. The molecule has 3 aromatic rings. The summed E-state index contributed by atoms with van der Waals surface area (Å²) >= 11 is 8.75. The zero-order chi connectivity index (χ0) is 18.0. The summed E-state index contributed by atoms with van der Waals surface area (Å²) in [6, 6.07) is 9.10. The highest BCUT2D eigenvalue weighted by molar-refractivity contribution is 8.00. The van der Waals surface area contributed by atoms with Gasteiger partial charge in [0, 0.05) is 14.8 Å². The monoisotopic (exact) mass is 393 g/mol. The number of benzene rings is 1. The summed E-state index contributed by atoms with van der Waals surface area (Å²) in [6.45, 7) is 3.81. The molecule has 5 nitrogen and oxygen atoms in total. The van der Waals surface area contributed by atoms with Crippen molar-refractivity contribution in [2.45, 2.75) is 30.4 Å². The van der Waals surface area contributed by atoms with E-state index in [-0.39, 0.29) is 16.7 Å². The summed E-state index contributed by atoms with van der Waals surface area (Å²) in [7, 11) is 0. The fourth-order valence-electron chi connectivity index (χ4n) is 2.21. The molecule has 0 aliphatic carbocycles. The van der Waals surface area contributed by atoms with Gasteiger partial charge in [-0.25, -0.2) is 9.66 Å². The molecule has 3 rings (SSSR count). The van der Waals surface area contributed by atoms with E-state index in [1.165, 1.54) is 29.4 Å². The van der Waals surface area contributed by atoms with E-state index < -0.39 is 0 Å². The van der Waals surface area contributed by atoms with Crippen LogP contribution in [0.15, 0.2) is 46.3 Å². The number of aryl methyl sites for hydroxylation is 1. The van der Waals surface area contributed by atoms with Gasteiger partial charge in [0.05, 0.1) is 10.6 Å². The molecule has 0 spiro atoms. The number of aromatic nitrogens is 2. The summed E-state index contributed by atoms with van der Waals surface area (Å²) in [4.78, 5) is 31.9. The zero-order valence-electron chi connectivity index (χ0n) is 13.7. The Hall–Kier alpha value is -1.83. The van der Waals surface area contributed by atoms with Crippen LogP contribution in [0.2, 0.25) is 5.02 Å². The molecule has 0 aliphatic heterocycles. The molecule has 2 aromatic heterocycles. The highest BCUT2D eigenvalue weighted by Crippen LogP contribution is 2.25. The molecule has 0 saturated carbocycles. The van der Waals surface area contributed by atoms with Crippen LogP contribution in [0.3, 0.4) is 0 Å². The van der Waals surface area contributed by atoms with Crippen LogP contribution in [0, 0.1) is 0 Å². The van der Waals surface area contributed by atoms with Gasteiger partial charge >= 0.3 is 0 Å². The quantitative estimate of drug-likeness (QED) is 0.667. The first kappa shape index (κ1) is 18.0. The van der Waals surface area contributed by atoms with Gasteiger partial charge in [0.2, 0.25) is 0 Å². The summed E-state index contributed by atoms with van der Waals surface area (Å²) in [6.07, 6.45) is 2.21. The lowest BCUT2D eigenvalue weighted by Gasteiger charge is -2.13. The second kappa shape index (κ2) is 7.59. The van der Waals surface area contributed by atoms with Crippen LogP contribution in [-0.4, -0.2) is 20.8 Å². The van der Waals surface area contributed by atoms with Crippen molar-refractivity contribution in [1.29, 1.82) is 0 Å². The minimum absolute atomic E-state index is 0.266. The van der Waals surface area contributed by atoms with Crippen molar-refractivity contribution in [3.63, 3.8) is 0 Å². The van der Waals surface area contributed by atoms with E-state index in [1.54, 1.807) is 19.1 Å². The first-order valence-corrected chi connectivity index (χ1v) is 9.78. The maximum atomic E-state index is 12.5. The van der Waals surface area contributed by atoms with E-state index in [0.717, 1.165) is 20.9 Å². The maximum absolute atomic E-state index is 12.5. The largest absolute Gasteiger partial charge is 0.280 e. The van der Waals surface area contributed by atoms with Crippen molar-refractivity contribution in [3.8, 4) is 0 Å². The average Bonchev–Trinajstić information content (AvgIpc) is 3.03. The normalized spacial score (nSPS) is 12.3. The third-order valence-corrected chi connectivity index (χ3v) is 6.13. The number of amides is 1. The lowest BCUT2D eigenvalue weighted by atomic mass is 10.3. The van der Waals surface area contributed by atoms with Gasteiger partial charge in [-0.3, -0.25) is 15.0 Å². The van der Waals surface area contributed by atoms with E-state index in [0.29, 0.717) is 15.2 Å². The minimum Gasteiger partial charge on any atom is -0.272 e. The Morgan fingerprint density at radius 3 is 2.80 bits per heavy atom. The lowest BCUT2D eigenvalue weighted by molar-refractivity contribution is -0.116. The fourth-order valence-corrected chi connectivity index (χ4v) is 4.12. The van der Waals surface area contributed by atoms with E-state index in [9.17, 15) is 9.59 Å². The molecule has 1 N–H and O–H groups in total. The smallest absolute Gasteiger partial charge is 0.272 e. The summed E-state index contributed by atoms with van der Waals surface area (Å²) in [5, 5.41) is 0.801. The van der Waals surface area contributed by atoms with E-state index in [1.807, 2.05) is 25.1 Å². The van der Waals surface area contributed by atoms with Crippen LogP contribution in [0.4, 0.5) is 0 Å². The summed E-state index contributed by atoms with van der Waals surface area (Å²) in [5.74, 6) is -0.269. The Bertz CT molecular complexity index is 966. The van der Waals surface area contributed by atoms with Crippen LogP contribution in [0.5, 0.6) is 0 Å². The van der Waals surface area contributed by atoms with Crippen molar-refractivity contribution in [3.05, 3.63) is 56.9 Å². The Labute approximate surface area is 158 Å². The number of halogens is 1. The van der Waals surface area contributed by atoms with E-state index in [4.69, 9.17) is 11.6 Å². The third kappa shape index (κ3) is 4.05. The second-order valence-electron chi connectivity index (χ2n) is 5.39. The lowest BCUT2D eigenvalue weighted by Crippen LogP contribution is -2.36. The zero-order valence-corrected chi connectivity index (χ0v) is 16.0. The first-order valence-electron chi connectivity index (χ1n) is 7.71. The van der Waals surface area contributed by atoms with Gasteiger partial charge in [-0.2, -0.15) is 0 Å². The standard InChI is InChI=1S/C17H16ClN3O2S2/c1-3-12-8-14-16(25-12)19-9-21(17(14)23)20-15(22)10(2)24-13-6-4-11(18)5-7-13/h4-10H,3H2,1-2H3,(H,20,22)/t10-/m1/s1. The van der Waals surface area contributed by atoms with Gasteiger partial charge in [-0.1, -0.05) is 18.5 Å². The van der Waals surface area contributed by atoms with Crippen molar-refractivity contribution in [2.24, 2.45) is 0 Å². The number of carbonyl (C=O) groups is 1. The molecule has 1 atom stereocenters. The number of hydrogen-bond donors (Lipinski definition) is 1. The Kier molecular flexibility index (Phi) is 5.46. The molecule has 2 heterocycles. The number of nitrogens with zero attached hydrogens (tertiary/aromatic N) is 2. The van der Waals surface area contributed by atoms with E-state index in [2.05, 4.69) is 10.4 Å². The number of rotatable bonds is 5. The van der Waals surface area contributed by atoms with Gasteiger partial charge in [-0.15, -0.1) is 23.1 Å². The molecule has 1 aromatic carbocycles. The molecule has 0 unspecified atom stereocenters. The molecule has 0 fully saturated rings. The average molecular weight is 394 g/mol. The number of nitrogens with one attached hydrogen (secondary N) is 1. The number of carbonyl (C=O) groups excluding carboxylic acids is 1. The number of thiophene rings is 1. The topological polar surface area (TPSA) is 64.0 Å². The van der Waals surface area contributed by atoms with Gasteiger partial charge in [0.25, 0.3) is 11.5 Å². The predicted molar refractivity (Wildman–Crippen MR) is 104 cm³/mol. The predicted octanol–water partition coefficient (Wildman–Crippen LogP) is 3.92. The Morgan fingerprint density at radius 1 is 1.40 bits per heavy atom. The number of thioether (sulfide) groups is 1. The molecule has 0 radical (unpaired) electrons. The van der Waals surface area contributed by atoms with Gasteiger partial charge in [0.15, 0.2) is 0 Å². The molecule has 0 aliphatic rings. The SMILES string of the molecule is CCc1cc2c(=O)n(NC(=O)[C@@H](C)Sc3ccc(Cl)cc3)cnc2s1. The maximum Gasteiger partial charge on any atom is 0.280 e. The second-order valence-corrected chi connectivity index (χ2v) is 8.36. The minimum atomic E-state index is -0.377. The van der Waals surface area contributed by atoms with Crippen LogP contribution in [0.1, 0.15) is 18.7 Å². The summed E-state index contributed by atoms with van der Waals surface area (Å²) in [5.41, 5.74) is 2.36. The Balaban J connectivity index is 1.75. The number of fused-ring (bicyclic) bond motifs is 1. The third-order valence-electron chi connectivity index (χ3n) is 3.58. The molecule has 0 saturated heterocycles. The van der Waals surface area contributed by atoms with Crippen LogP contribution in [-0.2, 0) is 11.2 Å². The molecular weight excluding hydrogens is 378 g/mol. The molecule has 25 heavy (non-hydrogen) atoms. The van der Waals surface area contributed by atoms with Crippen LogP contribution in [0.25, 0.3) is 10.2 Å². The Morgan fingerprint density at radius 2 is 2.12 bits per heavy atom. The van der Waals surface area contributed by atoms with Gasteiger partial charge in [-0.05, 0) is 43.7 Å². The highest BCUT2D eigenvalue weighted by Gasteiger charge is 2.16. The van der Waals surface area contributed by atoms with Crippen molar-refractivity contribution in [1.82, 2.24) is 9.66 Å². The first-order chi connectivity index (χ1) is 12.0. The van der Waals surface area contributed by atoms with Crippen molar-refractivity contribution >= 4 is 50.8 Å². The molecule has 130 valence electrons. The van der Waals surface area contributed by atoms with E-state index >= 15 is 0 Å². The number of hydrogen-bond acceptors (Lipinski definition) is 5. The van der Waals surface area contributed by atoms with Gasteiger partial charge in [0.1, 0.15) is 11.2 Å². The van der Waals surface area contributed by atoms with Crippen LogP contribution < -0.4 is 11.0 Å². The van der Waals surface area contributed by atoms with Gasteiger partial charge < -0.3 is 0 Å². The van der Waals surface area contributed by atoms with Crippen molar-refractivity contribution in [2.75, 3.05) is 5.43 Å². The molecule has 0 bridgehead atoms. The summed E-state index contributed by atoms with van der Waals surface area (Å²) < 4.78 is 1.15. The molecular formula is C17H16ClN3O2S2.